The molecular weight excluding hydrogens is 330 g/mol. The first kappa shape index (κ1) is 14.3. The lowest BCUT2D eigenvalue weighted by Crippen LogP contribution is -2.23. The Morgan fingerprint density at radius 1 is 1.14 bits per heavy atom. The van der Waals surface area contributed by atoms with Crippen molar-refractivity contribution in [3.8, 4) is 0 Å². The van der Waals surface area contributed by atoms with Crippen LogP contribution in [0, 0.1) is 0 Å². The lowest BCUT2D eigenvalue weighted by atomic mass is 9.96. The van der Waals surface area contributed by atoms with Crippen LogP contribution in [0.1, 0.15) is 32.1 Å². The van der Waals surface area contributed by atoms with E-state index in [2.05, 4.69) is 41.7 Å². The fourth-order valence-corrected chi connectivity index (χ4v) is 2.97. The maximum absolute atomic E-state index is 4.48. The van der Waals surface area contributed by atoms with Crippen molar-refractivity contribution in [3.63, 3.8) is 0 Å². The topological polar surface area (TPSA) is 62.7 Å². The van der Waals surface area contributed by atoms with Gasteiger partial charge in [-0.25, -0.2) is 0 Å². The first-order chi connectivity index (χ1) is 10.3. The molecule has 0 aliphatic heterocycles. The van der Waals surface area contributed by atoms with Gasteiger partial charge in [-0.2, -0.15) is 10.1 Å². The largest absolute Gasteiger partial charge is 0.350 e. The normalized spacial score (nSPS) is 15.7. The SMILES string of the molecule is Brc1cccc(Nc2cnnc(NC3CCCCC3)n2)c1. The lowest BCUT2D eigenvalue weighted by Gasteiger charge is -2.22. The van der Waals surface area contributed by atoms with Gasteiger partial charge in [0, 0.05) is 16.2 Å². The van der Waals surface area contributed by atoms with Crippen molar-refractivity contribution in [3.05, 3.63) is 34.9 Å². The summed E-state index contributed by atoms with van der Waals surface area (Å²) in [4.78, 5) is 4.48. The van der Waals surface area contributed by atoms with Gasteiger partial charge in [-0.15, -0.1) is 5.10 Å². The highest BCUT2D eigenvalue weighted by Gasteiger charge is 2.14. The molecule has 0 saturated heterocycles. The molecule has 0 atom stereocenters. The zero-order valence-electron chi connectivity index (χ0n) is 11.7. The number of nitrogens with zero attached hydrogens (tertiary/aromatic N) is 3. The molecule has 0 unspecified atom stereocenters. The van der Waals surface area contributed by atoms with Crippen LogP contribution in [0.25, 0.3) is 0 Å². The van der Waals surface area contributed by atoms with Crippen LogP contribution in [-0.4, -0.2) is 21.2 Å². The van der Waals surface area contributed by atoms with Gasteiger partial charge in [-0.1, -0.05) is 41.3 Å². The van der Waals surface area contributed by atoms with E-state index in [9.17, 15) is 0 Å². The Labute approximate surface area is 132 Å². The summed E-state index contributed by atoms with van der Waals surface area (Å²) in [5.41, 5.74) is 0.966. The highest BCUT2D eigenvalue weighted by Crippen LogP contribution is 2.21. The number of anilines is 3. The fourth-order valence-electron chi connectivity index (χ4n) is 2.57. The van der Waals surface area contributed by atoms with Crippen molar-refractivity contribution in [2.75, 3.05) is 10.6 Å². The summed E-state index contributed by atoms with van der Waals surface area (Å²) in [6.07, 6.45) is 7.90. The van der Waals surface area contributed by atoms with Crippen LogP contribution in [0.3, 0.4) is 0 Å². The minimum absolute atomic E-state index is 0.474. The predicted octanol–water partition coefficient (Wildman–Crippen LogP) is 4.12. The van der Waals surface area contributed by atoms with Crippen LogP contribution in [0.4, 0.5) is 17.5 Å². The minimum atomic E-state index is 0.474. The van der Waals surface area contributed by atoms with Gasteiger partial charge in [0.25, 0.3) is 0 Å². The third kappa shape index (κ3) is 4.14. The second-order valence-corrected chi connectivity index (χ2v) is 6.20. The molecule has 1 heterocycles. The molecule has 1 fully saturated rings. The van der Waals surface area contributed by atoms with E-state index in [1.807, 2.05) is 24.3 Å². The Kier molecular flexibility index (Phi) is 4.65. The van der Waals surface area contributed by atoms with Crippen molar-refractivity contribution in [2.24, 2.45) is 0 Å². The molecule has 6 heteroatoms. The number of nitrogens with one attached hydrogen (secondary N) is 2. The van der Waals surface area contributed by atoms with Gasteiger partial charge >= 0.3 is 0 Å². The van der Waals surface area contributed by atoms with E-state index >= 15 is 0 Å². The minimum Gasteiger partial charge on any atom is -0.350 e. The molecule has 110 valence electrons. The van der Waals surface area contributed by atoms with E-state index in [0.29, 0.717) is 17.8 Å². The smallest absolute Gasteiger partial charge is 0.244 e. The van der Waals surface area contributed by atoms with E-state index in [1.54, 1.807) is 6.20 Å². The van der Waals surface area contributed by atoms with Gasteiger partial charge < -0.3 is 10.6 Å². The molecule has 2 aromatic rings. The zero-order valence-corrected chi connectivity index (χ0v) is 13.3. The Morgan fingerprint density at radius 2 is 2.00 bits per heavy atom. The van der Waals surface area contributed by atoms with Crippen LogP contribution in [-0.2, 0) is 0 Å². The molecule has 1 saturated carbocycles. The van der Waals surface area contributed by atoms with Crippen LogP contribution >= 0.6 is 15.9 Å². The number of aromatic nitrogens is 3. The molecule has 1 aromatic carbocycles. The van der Waals surface area contributed by atoms with Gasteiger partial charge in [0.1, 0.15) is 0 Å². The number of hydrogen-bond acceptors (Lipinski definition) is 5. The first-order valence-corrected chi connectivity index (χ1v) is 8.08. The Bertz CT molecular complexity index is 598. The van der Waals surface area contributed by atoms with E-state index < -0.39 is 0 Å². The lowest BCUT2D eigenvalue weighted by molar-refractivity contribution is 0.460. The van der Waals surface area contributed by atoms with E-state index in [4.69, 9.17) is 0 Å². The van der Waals surface area contributed by atoms with Crippen LogP contribution in [0.15, 0.2) is 34.9 Å². The Balaban J connectivity index is 1.67. The van der Waals surface area contributed by atoms with Crippen molar-refractivity contribution in [2.45, 2.75) is 38.1 Å². The number of benzene rings is 1. The monoisotopic (exact) mass is 347 g/mol. The third-order valence-electron chi connectivity index (χ3n) is 3.59. The van der Waals surface area contributed by atoms with Gasteiger partial charge in [0.2, 0.25) is 5.95 Å². The molecule has 2 N–H and O–H groups in total. The third-order valence-corrected chi connectivity index (χ3v) is 4.09. The molecule has 1 aliphatic carbocycles. The molecule has 0 spiro atoms. The summed E-state index contributed by atoms with van der Waals surface area (Å²) >= 11 is 3.45. The van der Waals surface area contributed by atoms with E-state index in [1.165, 1.54) is 32.1 Å². The Morgan fingerprint density at radius 3 is 2.81 bits per heavy atom. The average Bonchev–Trinajstić information content (AvgIpc) is 2.49. The molecule has 3 rings (SSSR count). The molecule has 1 aliphatic rings. The molecule has 5 nitrogen and oxygen atoms in total. The second kappa shape index (κ2) is 6.85. The molecule has 0 bridgehead atoms. The van der Waals surface area contributed by atoms with Crippen LogP contribution < -0.4 is 10.6 Å². The quantitative estimate of drug-likeness (QED) is 0.870. The number of halogens is 1. The Hall–Kier alpha value is -1.69. The standard InChI is InChI=1S/C15H18BrN5/c16-11-5-4-8-13(9-11)18-14-10-17-21-15(20-14)19-12-6-2-1-3-7-12/h4-5,8-10,12H,1-3,6-7H2,(H2,18,19,20,21). The molecule has 21 heavy (non-hydrogen) atoms. The van der Waals surface area contributed by atoms with Crippen molar-refractivity contribution in [1.29, 1.82) is 0 Å². The van der Waals surface area contributed by atoms with Gasteiger partial charge in [-0.3, -0.25) is 0 Å². The first-order valence-electron chi connectivity index (χ1n) is 7.28. The van der Waals surface area contributed by atoms with E-state index in [0.717, 1.165) is 10.2 Å². The maximum Gasteiger partial charge on any atom is 0.244 e. The van der Waals surface area contributed by atoms with Gasteiger partial charge in [-0.05, 0) is 31.0 Å². The van der Waals surface area contributed by atoms with Crippen LogP contribution in [0.5, 0.6) is 0 Å². The van der Waals surface area contributed by atoms with Crippen molar-refractivity contribution in [1.82, 2.24) is 15.2 Å². The molecule has 1 aromatic heterocycles. The summed E-state index contributed by atoms with van der Waals surface area (Å²) in [5, 5.41) is 14.7. The summed E-state index contributed by atoms with van der Waals surface area (Å²) in [6, 6.07) is 8.42. The molecular formula is C15H18BrN5. The highest BCUT2D eigenvalue weighted by atomic mass is 79.9. The zero-order chi connectivity index (χ0) is 14.5. The van der Waals surface area contributed by atoms with Gasteiger partial charge in [0.15, 0.2) is 5.82 Å². The number of rotatable bonds is 4. The second-order valence-electron chi connectivity index (χ2n) is 5.28. The maximum atomic E-state index is 4.48. The highest BCUT2D eigenvalue weighted by molar-refractivity contribution is 9.10. The van der Waals surface area contributed by atoms with E-state index in [-0.39, 0.29) is 0 Å². The number of hydrogen-bond donors (Lipinski definition) is 2. The van der Waals surface area contributed by atoms with Gasteiger partial charge in [0.05, 0.1) is 6.20 Å². The predicted molar refractivity (Wildman–Crippen MR) is 87.7 cm³/mol. The van der Waals surface area contributed by atoms with Crippen molar-refractivity contribution >= 4 is 33.4 Å². The van der Waals surface area contributed by atoms with Crippen LogP contribution in [0.2, 0.25) is 0 Å². The van der Waals surface area contributed by atoms with Crippen molar-refractivity contribution < 1.29 is 0 Å². The molecule has 0 radical (unpaired) electrons. The summed E-state index contributed by atoms with van der Waals surface area (Å²) in [7, 11) is 0. The summed E-state index contributed by atoms with van der Waals surface area (Å²) < 4.78 is 1.02. The summed E-state index contributed by atoms with van der Waals surface area (Å²) in [5.74, 6) is 1.29. The summed E-state index contributed by atoms with van der Waals surface area (Å²) in [6.45, 7) is 0. The average molecular weight is 348 g/mol. The molecule has 0 amide bonds. The fraction of sp³-hybridized carbons (Fsp3) is 0.400.